The second kappa shape index (κ2) is 7.38. The molecule has 1 aromatic heterocycles. The molecule has 2 rings (SSSR count). The maximum atomic E-state index is 11.5. The fourth-order valence-electron chi connectivity index (χ4n) is 3.07. The summed E-state index contributed by atoms with van der Waals surface area (Å²) in [5, 5.41) is 3.31. The van der Waals surface area contributed by atoms with Gasteiger partial charge in [0.15, 0.2) is 0 Å². The lowest BCUT2D eigenvalue weighted by Gasteiger charge is -2.26. The average Bonchev–Trinajstić information content (AvgIpc) is 2.46. The lowest BCUT2D eigenvalue weighted by Crippen LogP contribution is -2.17. The normalized spacial score (nSPS) is 21.9. The molecule has 0 spiro atoms. The van der Waals surface area contributed by atoms with E-state index in [1.165, 1.54) is 32.8 Å². The number of nitrogens with one attached hydrogen (secondary N) is 1. The predicted molar refractivity (Wildman–Crippen MR) is 82.3 cm³/mol. The van der Waals surface area contributed by atoms with E-state index < -0.39 is 5.97 Å². The van der Waals surface area contributed by atoms with Crippen LogP contribution in [-0.2, 0) is 4.74 Å². The van der Waals surface area contributed by atoms with Gasteiger partial charge >= 0.3 is 5.97 Å². The molecule has 0 saturated heterocycles. The quantitative estimate of drug-likeness (QED) is 0.844. The lowest BCUT2D eigenvalue weighted by molar-refractivity contribution is 0.0586. The van der Waals surface area contributed by atoms with Crippen LogP contribution in [0.15, 0.2) is 6.07 Å². The van der Waals surface area contributed by atoms with Crippen molar-refractivity contribution in [1.82, 2.24) is 9.97 Å². The van der Waals surface area contributed by atoms with Gasteiger partial charge in [-0.1, -0.05) is 26.2 Å². The zero-order valence-corrected chi connectivity index (χ0v) is 13.2. The number of hydrogen-bond acceptors (Lipinski definition) is 5. The van der Waals surface area contributed by atoms with Gasteiger partial charge in [-0.25, -0.2) is 14.8 Å². The van der Waals surface area contributed by atoms with Gasteiger partial charge in [0.25, 0.3) is 0 Å². The molecule has 116 valence electrons. The van der Waals surface area contributed by atoms with Crippen molar-refractivity contribution in [1.29, 1.82) is 0 Å². The van der Waals surface area contributed by atoms with E-state index >= 15 is 0 Å². The summed E-state index contributed by atoms with van der Waals surface area (Å²) >= 11 is 0. The molecule has 0 aromatic carbocycles. The van der Waals surface area contributed by atoms with Crippen molar-refractivity contribution in [2.24, 2.45) is 11.8 Å². The molecule has 1 heterocycles. The van der Waals surface area contributed by atoms with Gasteiger partial charge in [-0.15, -0.1) is 0 Å². The summed E-state index contributed by atoms with van der Waals surface area (Å²) in [6, 6.07) is 1.86. The van der Waals surface area contributed by atoms with Crippen molar-refractivity contribution in [3.05, 3.63) is 17.6 Å². The zero-order valence-electron chi connectivity index (χ0n) is 13.2. The summed E-state index contributed by atoms with van der Waals surface area (Å²) < 4.78 is 4.67. The van der Waals surface area contributed by atoms with Crippen LogP contribution in [-0.4, -0.2) is 29.6 Å². The third kappa shape index (κ3) is 4.69. The maximum absolute atomic E-state index is 11.5. The number of methoxy groups -OCH3 is 1. The van der Waals surface area contributed by atoms with E-state index in [1.807, 2.05) is 13.0 Å². The standard InChI is InChI=1S/C16H25N3O2/c1-11-5-4-6-13(9-11)7-8-17-14-10-12(2)18-15(19-14)16(20)21-3/h10-11,13H,4-9H2,1-3H3,(H,17,18,19). The van der Waals surface area contributed by atoms with Gasteiger partial charge in [-0.3, -0.25) is 0 Å². The molecule has 2 atom stereocenters. The number of esters is 1. The highest BCUT2D eigenvalue weighted by atomic mass is 16.5. The Morgan fingerprint density at radius 1 is 1.43 bits per heavy atom. The summed E-state index contributed by atoms with van der Waals surface area (Å²) in [5.74, 6) is 1.99. The summed E-state index contributed by atoms with van der Waals surface area (Å²) in [4.78, 5) is 19.8. The number of aryl methyl sites for hydroxylation is 1. The molecule has 1 aliphatic rings. The van der Waals surface area contributed by atoms with Crippen LogP contribution in [0, 0.1) is 18.8 Å². The molecule has 0 bridgehead atoms. The molecule has 1 N–H and O–H groups in total. The number of hydrogen-bond donors (Lipinski definition) is 1. The minimum Gasteiger partial charge on any atom is -0.463 e. The third-order valence-corrected chi connectivity index (χ3v) is 4.13. The van der Waals surface area contributed by atoms with Crippen molar-refractivity contribution in [3.8, 4) is 0 Å². The summed E-state index contributed by atoms with van der Waals surface area (Å²) in [6.45, 7) is 5.08. The van der Waals surface area contributed by atoms with Crippen molar-refractivity contribution in [3.63, 3.8) is 0 Å². The Hall–Kier alpha value is -1.65. The summed E-state index contributed by atoms with van der Waals surface area (Å²) in [7, 11) is 1.34. The first-order valence-corrected chi connectivity index (χ1v) is 7.76. The zero-order chi connectivity index (χ0) is 15.2. The van der Waals surface area contributed by atoms with E-state index in [2.05, 4.69) is 26.9 Å². The van der Waals surface area contributed by atoms with Crippen molar-refractivity contribution in [2.45, 2.75) is 46.0 Å². The largest absolute Gasteiger partial charge is 0.463 e. The fraction of sp³-hybridized carbons (Fsp3) is 0.688. The minimum atomic E-state index is -0.497. The summed E-state index contributed by atoms with van der Waals surface area (Å²) in [5.41, 5.74) is 0.763. The first kappa shape index (κ1) is 15.7. The number of rotatable bonds is 5. The number of carbonyl (C=O) groups excluding carboxylic acids is 1. The minimum absolute atomic E-state index is 0.117. The molecule has 2 unspecified atom stereocenters. The number of ether oxygens (including phenoxy) is 1. The second-order valence-corrected chi connectivity index (χ2v) is 6.06. The van der Waals surface area contributed by atoms with Crippen LogP contribution < -0.4 is 5.32 Å². The van der Waals surface area contributed by atoms with Crippen molar-refractivity contribution in [2.75, 3.05) is 19.0 Å². The van der Waals surface area contributed by atoms with E-state index in [9.17, 15) is 4.79 Å². The van der Waals surface area contributed by atoms with E-state index in [-0.39, 0.29) is 5.82 Å². The Kier molecular flexibility index (Phi) is 5.53. The van der Waals surface area contributed by atoms with Crippen LogP contribution in [0.3, 0.4) is 0 Å². The lowest BCUT2D eigenvalue weighted by atomic mass is 9.81. The third-order valence-electron chi connectivity index (χ3n) is 4.13. The Bertz CT molecular complexity index is 490. The highest BCUT2D eigenvalue weighted by molar-refractivity contribution is 5.85. The van der Waals surface area contributed by atoms with Gasteiger partial charge in [0, 0.05) is 18.3 Å². The molecule has 0 aliphatic heterocycles. The molecule has 5 heteroatoms. The highest BCUT2D eigenvalue weighted by Gasteiger charge is 2.18. The van der Waals surface area contributed by atoms with Gasteiger partial charge in [-0.05, 0) is 31.6 Å². The molecule has 0 radical (unpaired) electrons. The number of nitrogens with zero attached hydrogens (tertiary/aromatic N) is 2. The smallest absolute Gasteiger partial charge is 0.376 e. The molecular weight excluding hydrogens is 266 g/mol. The number of carbonyl (C=O) groups is 1. The van der Waals surface area contributed by atoms with Gasteiger partial charge < -0.3 is 10.1 Å². The Labute approximate surface area is 126 Å². The Morgan fingerprint density at radius 2 is 2.24 bits per heavy atom. The molecule has 5 nitrogen and oxygen atoms in total. The van der Waals surface area contributed by atoms with E-state index in [1.54, 1.807) is 0 Å². The molecule has 1 fully saturated rings. The molecule has 1 saturated carbocycles. The number of anilines is 1. The first-order chi connectivity index (χ1) is 10.1. The van der Waals surface area contributed by atoms with Gasteiger partial charge in [0.05, 0.1) is 7.11 Å². The molecule has 0 amide bonds. The number of aromatic nitrogens is 2. The average molecular weight is 291 g/mol. The van der Waals surface area contributed by atoms with Crippen LogP contribution in [0.25, 0.3) is 0 Å². The van der Waals surface area contributed by atoms with Gasteiger partial charge in [0.1, 0.15) is 5.82 Å². The molecule has 21 heavy (non-hydrogen) atoms. The Morgan fingerprint density at radius 3 is 2.95 bits per heavy atom. The predicted octanol–water partition coefficient (Wildman–Crippen LogP) is 3.20. The SMILES string of the molecule is COC(=O)c1nc(C)cc(NCCC2CCCC(C)C2)n1. The maximum Gasteiger partial charge on any atom is 0.376 e. The molecule has 1 aromatic rings. The Balaban J connectivity index is 1.88. The van der Waals surface area contributed by atoms with Gasteiger partial charge in [0.2, 0.25) is 5.82 Å². The van der Waals surface area contributed by atoms with Crippen LogP contribution >= 0.6 is 0 Å². The van der Waals surface area contributed by atoms with Crippen LogP contribution in [0.4, 0.5) is 5.82 Å². The van der Waals surface area contributed by atoms with E-state index in [4.69, 9.17) is 0 Å². The van der Waals surface area contributed by atoms with E-state index in [0.717, 1.165) is 30.5 Å². The van der Waals surface area contributed by atoms with Gasteiger partial charge in [-0.2, -0.15) is 0 Å². The van der Waals surface area contributed by atoms with Crippen molar-refractivity contribution >= 4 is 11.8 Å². The monoisotopic (exact) mass is 291 g/mol. The highest BCUT2D eigenvalue weighted by Crippen LogP contribution is 2.30. The van der Waals surface area contributed by atoms with Crippen LogP contribution in [0.2, 0.25) is 0 Å². The second-order valence-electron chi connectivity index (χ2n) is 6.06. The summed E-state index contributed by atoms with van der Waals surface area (Å²) in [6.07, 6.45) is 6.55. The van der Waals surface area contributed by atoms with Crippen molar-refractivity contribution < 1.29 is 9.53 Å². The van der Waals surface area contributed by atoms with Crippen LogP contribution in [0.5, 0.6) is 0 Å². The molecule has 1 aliphatic carbocycles. The van der Waals surface area contributed by atoms with E-state index in [0.29, 0.717) is 5.82 Å². The first-order valence-electron chi connectivity index (χ1n) is 7.76. The topological polar surface area (TPSA) is 64.1 Å². The molecular formula is C16H25N3O2. The fourth-order valence-corrected chi connectivity index (χ4v) is 3.07. The van der Waals surface area contributed by atoms with Crippen LogP contribution in [0.1, 0.15) is 55.3 Å².